The van der Waals surface area contributed by atoms with Gasteiger partial charge >= 0.3 is 12.0 Å². The molecule has 26 heavy (non-hydrogen) atoms. The van der Waals surface area contributed by atoms with Crippen LogP contribution >= 0.6 is 0 Å². The molecule has 134 valence electrons. The van der Waals surface area contributed by atoms with Crippen molar-refractivity contribution in [3.05, 3.63) is 65.7 Å². The number of carbonyl (C=O) groups is 2. The van der Waals surface area contributed by atoms with Crippen molar-refractivity contribution in [2.75, 3.05) is 7.11 Å². The summed E-state index contributed by atoms with van der Waals surface area (Å²) in [6.07, 6.45) is 0. The first-order chi connectivity index (χ1) is 12.6. The maximum absolute atomic E-state index is 12.7. The van der Waals surface area contributed by atoms with Gasteiger partial charge in [-0.2, -0.15) is 0 Å². The molecule has 1 N–H and O–H groups in total. The Kier molecular flexibility index (Phi) is 5.31. The summed E-state index contributed by atoms with van der Waals surface area (Å²) in [7, 11) is 1.60. The van der Waals surface area contributed by atoms with Crippen LogP contribution in [0, 0.1) is 5.92 Å². The predicted octanol–water partition coefficient (Wildman–Crippen LogP) is 3.28. The third-order valence-corrected chi connectivity index (χ3v) is 4.29. The quantitative estimate of drug-likeness (QED) is 0.838. The van der Waals surface area contributed by atoms with Crippen LogP contribution in [0.25, 0.3) is 0 Å². The molecule has 2 aromatic rings. The fraction of sp³-hybridized carbons (Fsp3) is 0.250. The molecule has 6 nitrogen and oxygen atoms in total. The molecule has 2 aromatic carbocycles. The molecule has 1 aliphatic heterocycles. The minimum atomic E-state index is -0.659. The van der Waals surface area contributed by atoms with E-state index in [1.807, 2.05) is 54.6 Å². The van der Waals surface area contributed by atoms with E-state index >= 15 is 0 Å². The number of urea groups is 1. The molecule has 1 aliphatic rings. The van der Waals surface area contributed by atoms with Crippen LogP contribution in [0.3, 0.4) is 0 Å². The van der Waals surface area contributed by atoms with E-state index in [1.54, 1.807) is 14.0 Å². The van der Waals surface area contributed by atoms with E-state index in [0.717, 1.165) is 16.9 Å². The molecule has 0 fully saturated rings. The maximum atomic E-state index is 12.7. The summed E-state index contributed by atoms with van der Waals surface area (Å²) in [6, 6.07) is 15.7. The van der Waals surface area contributed by atoms with Crippen molar-refractivity contribution in [3.63, 3.8) is 0 Å². The molecule has 0 aromatic heterocycles. The van der Waals surface area contributed by atoms with Gasteiger partial charge in [-0.1, -0.05) is 42.5 Å². The summed E-state index contributed by atoms with van der Waals surface area (Å²) in [5.74, 6) is -0.341. The number of rotatable bonds is 5. The van der Waals surface area contributed by atoms with Gasteiger partial charge in [-0.05, 0) is 30.2 Å². The fourth-order valence-electron chi connectivity index (χ4n) is 2.93. The van der Waals surface area contributed by atoms with Crippen molar-refractivity contribution in [2.45, 2.75) is 19.6 Å². The van der Waals surface area contributed by atoms with Crippen LogP contribution in [0.1, 0.15) is 24.1 Å². The zero-order valence-corrected chi connectivity index (χ0v) is 14.6. The minimum Gasteiger partial charge on any atom is -0.497 e. The third kappa shape index (κ3) is 3.91. The zero-order chi connectivity index (χ0) is 18.5. The maximum Gasteiger partial charge on any atom is 0.341 e. The zero-order valence-electron chi connectivity index (χ0n) is 14.6. The molecular formula is C20H20N2O4. The van der Waals surface area contributed by atoms with Crippen LogP contribution in [-0.4, -0.2) is 24.8 Å². The van der Waals surface area contributed by atoms with Crippen molar-refractivity contribution >= 4 is 17.7 Å². The van der Waals surface area contributed by atoms with Crippen molar-refractivity contribution in [1.29, 1.82) is 0 Å². The van der Waals surface area contributed by atoms with Gasteiger partial charge in [0.25, 0.3) is 0 Å². The lowest BCUT2D eigenvalue weighted by Crippen LogP contribution is -2.44. The summed E-state index contributed by atoms with van der Waals surface area (Å²) in [5.41, 5.74) is 2.13. The second kappa shape index (κ2) is 7.82. The van der Waals surface area contributed by atoms with E-state index in [0.29, 0.717) is 5.71 Å². The average Bonchev–Trinajstić information content (AvgIpc) is 2.66. The Balaban J connectivity index is 1.75. The number of benzene rings is 2. The number of esters is 1. The SMILES string of the molecule is COc1ccc(COC(=O)C2C(C)=NC(=O)N[C@@H]2c2ccccc2)cc1. The highest BCUT2D eigenvalue weighted by atomic mass is 16.5. The molecule has 0 bridgehead atoms. The lowest BCUT2D eigenvalue weighted by atomic mass is 9.88. The molecular weight excluding hydrogens is 332 g/mol. The molecule has 0 aliphatic carbocycles. The molecule has 1 heterocycles. The summed E-state index contributed by atoms with van der Waals surface area (Å²) in [6.45, 7) is 1.82. The first-order valence-electron chi connectivity index (χ1n) is 8.28. The van der Waals surface area contributed by atoms with Crippen LogP contribution in [0.2, 0.25) is 0 Å². The van der Waals surface area contributed by atoms with Crippen LogP contribution in [0.4, 0.5) is 4.79 Å². The Bertz CT molecular complexity index is 815. The normalized spacial score (nSPS) is 19.3. The number of nitrogens with one attached hydrogen (secondary N) is 1. The van der Waals surface area contributed by atoms with E-state index in [4.69, 9.17) is 9.47 Å². The van der Waals surface area contributed by atoms with Gasteiger partial charge in [0, 0.05) is 5.71 Å². The van der Waals surface area contributed by atoms with Gasteiger partial charge in [-0.3, -0.25) is 4.79 Å². The van der Waals surface area contributed by atoms with E-state index in [-0.39, 0.29) is 6.61 Å². The van der Waals surface area contributed by atoms with Gasteiger partial charge in [0.15, 0.2) is 0 Å². The van der Waals surface area contributed by atoms with Gasteiger partial charge in [0.05, 0.1) is 13.2 Å². The Morgan fingerprint density at radius 1 is 1.12 bits per heavy atom. The van der Waals surface area contributed by atoms with Crippen molar-refractivity contribution in [3.8, 4) is 5.75 Å². The van der Waals surface area contributed by atoms with E-state index in [2.05, 4.69) is 10.3 Å². The van der Waals surface area contributed by atoms with Crippen molar-refractivity contribution in [2.24, 2.45) is 10.9 Å². The fourth-order valence-corrected chi connectivity index (χ4v) is 2.93. The number of hydrogen-bond donors (Lipinski definition) is 1. The number of aliphatic imine (C=N–C) groups is 1. The highest BCUT2D eigenvalue weighted by molar-refractivity contribution is 6.08. The summed E-state index contributed by atoms with van der Waals surface area (Å²) in [5, 5.41) is 2.76. The summed E-state index contributed by atoms with van der Waals surface area (Å²) >= 11 is 0. The molecule has 6 heteroatoms. The van der Waals surface area contributed by atoms with E-state index in [1.165, 1.54) is 0 Å². The first kappa shape index (κ1) is 17.7. The first-order valence-corrected chi connectivity index (χ1v) is 8.28. The molecule has 1 unspecified atom stereocenters. The number of methoxy groups -OCH3 is 1. The lowest BCUT2D eigenvalue weighted by Gasteiger charge is -2.29. The Labute approximate surface area is 151 Å². The largest absolute Gasteiger partial charge is 0.497 e. The molecule has 2 atom stereocenters. The minimum absolute atomic E-state index is 0.141. The van der Waals surface area contributed by atoms with E-state index < -0.39 is 24.0 Å². The number of ether oxygens (including phenoxy) is 2. The van der Waals surface area contributed by atoms with Crippen molar-refractivity contribution < 1.29 is 19.1 Å². The standard InChI is InChI=1S/C20H20N2O4/c1-13-17(18(22-20(24)21-13)15-6-4-3-5-7-15)19(23)26-12-14-8-10-16(25-2)11-9-14/h3-11,17-18H,12H2,1-2H3,(H,22,24)/t17?,18-/m1/s1. The number of carbonyl (C=O) groups excluding carboxylic acids is 2. The Hall–Kier alpha value is -3.15. The number of amides is 2. The van der Waals surface area contributed by atoms with Crippen LogP contribution in [0.5, 0.6) is 5.75 Å². The van der Waals surface area contributed by atoms with Crippen LogP contribution < -0.4 is 10.1 Å². The highest BCUT2D eigenvalue weighted by Gasteiger charge is 2.37. The molecule has 0 saturated heterocycles. The topological polar surface area (TPSA) is 77.0 Å². The Morgan fingerprint density at radius 3 is 2.46 bits per heavy atom. The van der Waals surface area contributed by atoms with E-state index in [9.17, 15) is 9.59 Å². The second-order valence-electron chi connectivity index (χ2n) is 6.02. The average molecular weight is 352 g/mol. The number of hydrogen-bond acceptors (Lipinski definition) is 4. The molecule has 0 spiro atoms. The smallest absolute Gasteiger partial charge is 0.341 e. The Morgan fingerprint density at radius 2 is 1.81 bits per heavy atom. The highest BCUT2D eigenvalue weighted by Crippen LogP contribution is 2.28. The third-order valence-electron chi connectivity index (χ3n) is 4.29. The van der Waals surface area contributed by atoms with Gasteiger partial charge in [0.2, 0.25) is 0 Å². The molecule has 3 rings (SSSR count). The predicted molar refractivity (Wildman–Crippen MR) is 97.1 cm³/mol. The second-order valence-corrected chi connectivity index (χ2v) is 6.02. The number of nitrogens with zero attached hydrogens (tertiary/aromatic N) is 1. The van der Waals surface area contributed by atoms with Crippen LogP contribution in [0.15, 0.2) is 59.6 Å². The molecule has 0 saturated carbocycles. The lowest BCUT2D eigenvalue weighted by molar-refractivity contribution is -0.148. The monoisotopic (exact) mass is 352 g/mol. The van der Waals surface area contributed by atoms with Gasteiger partial charge in [-0.15, -0.1) is 0 Å². The summed E-state index contributed by atoms with van der Waals surface area (Å²) < 4.78 is 10.6. The van der Waals surface area contributed by atoms with Crippen LogP contribution in [-0.2, 0) is 16.1 Å². The van der Waals surface area contributed by atoms with Gasteiger partial charge in [0.1, 0.15) is 18.3 Å². The van der Waals surface area contributed by atoms with Gasteiger partial charge in [-0.25, -0.2) is 9.79 Å². The van der Waals surface area contributed by atoms with Gasteiger partial charge < -0.3 is 14.8 Å². The van der Waals surface area contributed by atoms with Crippen molar-refractivity contribution in [1.82, 2.24) is 5.32 Å². The summed E-state index contributed by atoms with van der Waals surface area (Å²) in [4.78, 5) is 28.4. The molecule has 2 amide bonds. The molecule has 0 radical (unpaired) electrons.